The largest absolute Gasteiger partial charge is 0.456 e. The number of furan rings is 1. The molecule has 0 bridgehead atoms. The van der Waals surface area contributed by atoms with E-state index >= 15 is 0 Å². The predicted molar refractivity (Wildman–Crippen MR) is 251 cm³/mol. The molecule has 1 aliphatic carbocycles. The quantitative estimate of drug-likeness (QED) is 0.175. The second kappa shape index (κ2) is 12.9. The minimum Gasteiger partial charge on any atom is -0.456 e. The molecule has 3 heterocycles. The predicted octanol–water partition coefficient (Wildman–Crippen LogP) is 15.9. The molecule has 278 valence electrons. The fraction of sp³-hybridized carbons (Fsp3) is 0. The molecular formula is C56H32N2OS. The molecule has 0 aliphatic heterocycles. The van der Waals surface area contributed by atoms with E-state index in [1.807, 2.05) is 17.4 Å². The zero-order valence-electron chi connectivity index (χ0n) is 32.2. The maximum absolute atomic E-state index is 6.45. The molecule has 60 heavy (non-hydrogen) atoms. The number of para-hydroxylation sites is 1. The molecule has 0 fully saturated rings. The van der Waals surface area contributed by atoms with E-state index in [9.17, 15) is 0 Å². The third-order valence-corrected chi connectivity index (χ3v) is 13.4. The van der Waals surface area contributed by atoms with Crippen LogP contribution in [0.2, 0.25) is 0 Å². The second-order valence-corrected chi connectivity index (χ2v) is 16.7. The van der Waals surface area contributed by atoms with E-state index in [0.717, 1.165) is 50.2 Å². The van der Waals surface area contributed by atoms with Crippen LogP contribution in [0.15, 0.2) is 199 Å². The molecule has 1 aliphatic rings. The van der Waals surface area contributed by atoms with Gasteiger partial charge < -0.3 is 4.42 Å². The molecule has 9 aromatic carbocycles. The van der Waals surface area contributed by atoms with Gasteiger partial charge in [-0.3, -0.25) is 0 Å². The van der Waals surface area contributed by atoms with E-state index in [1.54, 1.807) is 0 Å². The van der Waals surface area contributed by atoms with Crippen molar-refractivity contribution in [3.8, 4) is 78.4 Å². The molecule has 12 aromatic rings. The molecule has 0 radical (unpaired) electrons. The van der Waals surface area contributed by atoms with Crippen LogP contribution < -0.4 is 0 Å². The Morgan fingerprint density at radius 3 is 1.90 bits per heavy atom. The molecule has 3 aromatic heterocycles. The van der Waals surface area contributed by atoms with Crippen LogP contribution in [0.3, 0.4) is 0 Å². The first kappa shape index (κ1) is 33.3. The highest BCUT2D eigenvalue weighted by atomic mass is 32.1. The summed E-state index contributed by atoms with van der Waals surface area (Å²) in [5, 5.41) is 7.30. The Balaban J connectivity index is 0.980. The Morgan fingerprint density at radius 1 is 0.350 bits per heavy atom. The minimum atomic E-state index is 0.705. The monoisotopic (exact) mass is 780 g/mol. The van der Waals surface area contributed by atoms with Crippen molar-refractivity contribution in [3.63, 3.8) is 0 Å². The summed E-state index contributed by atoms with van der Waals surface area (Å²) >= 11 is 1.82. The molecule has 4 heteroatoms. The summed E-state index contributed by atoms with van der Waals surface area (Å²) < 4.78 is 9.00. The van der Waals surface area contributed by atoms with Crippen LogP contribution in [0.5, 0.6) is 0 Å². The molecule has 0 saturated heterocycles. The third-order valence-electron chi connectivity index (χ3n) is 12.2. The Morgan fingerprint density at radius 2 is 1.00 bits per heavy atom. The molecule has 13 rings (SSSR count). The number of hydrogen-bond donors (Lipinski definition) is 0. The average Bonchev–Trinajstić information content (AvgIpc) is 3.99. The molecule has 0 amide bonds. The molecule has 0 unspecified atom stereocenters. The summed E-state index contributed by atoms with van der Waals surface area (Å²) in [6, 6.07) is 69.5. The van der Waals surface area contributed by atoms with E-state index in [0.29, 0.717) is 5.82 Å². The van der Waals surface area contributed by atoms with Crippen LogP contribution in [0, 0.1) is 0 Å². The zero-order chi connectivity index (χ0) is 39.3. The lowest BCUT2D eigenvalue weighted by atomic mass is 9.91. The summed E-state index contributed by atoms with van der Waals surface area (Å²) in [4.78, 5) is 10.6. The third kappa shape index (κ3) is 5.08. The van der Waals surface area contributed by atoms with Crippen molar-refractivity contribution < 1.29 is 4.42 Å². The summed E-state index contributed by atoms with van der Waals surface area (Å²) in [5.41, 5.74) is 16.4. The van der Waals surface area contributed by atoms with Crippen molar-refractivity contribution >= 4 is 64.2 Å². The lowest BCUT2D eigenvalue weighted by molar-refractivity contribution is 0.669. The Kier molecular flexibility index (Phi) is 7.18. The van der Waals surface area contributed by atoms with Gasteiger partial charge in [0.1, 0.15) is 11.2 Å². The van der Waals surface area contributed by atoms with Gasteiger partial charge in [0.05, 0.1) is 11.4 Å². The summed E-state index contributed by atoms with van der Waals surface area (Å²) in [7, 11) is 0. The first-order valence-corrected chi connectivity index (χ1v) is 21.1. The topological polar surface area (TPSA) is 38.9 Å². The maximum atomic E-state index is 6.45. The van der Waals surface area contributed by atoms with E-state index in [2.05, 4.69) is 188 Å². The van der Waals surface area contributed by atoms with E-state index < -0.39 is 0 Å². The second-order valence-electron chi connectivity index (χ2n) is 15.7. The highest BCUT2D eigenvalue weighted by molar-refractivity contribution is 7.25. The van der Waals surface area contributed by atoms with Gasteiger partial charge in [-0.1, -0.05) is 146 Å². The molecular weight excluding hydrogens is 749 g/mol. The highest BCUT2D eigenvalue weighted by Crippen LogP contribution is 2.55. The van der Waals surface area contributed by atoms with Crippen LogP contribution in [0.4, 0.5) is 0 Å². The number of benzene rings is 9. The zero-order valence-corrected chi connectivity index (χ0v) is 33.0. The van der Waals surface area contributed by atoms with Gasteiger partial charge >= 0.3 is 0 Å². The first-order chi connectivity index (χ1) is 29.7. The SMILES string of the molecule is c1ccc(-c2ccc(-c3cc(-c4cccc(-c5cccc6c5-c5cccc7cc8oc9ccccc9c8c-6c57)c4)nc(-c4ccc5sc6ccccc6c5c4)n3)cc2)cc1. The van der Waals surface area contributed by atoms with Crippen LogP contribution in [0.1, 0.15) is 0 Å². The molecule has 0 N–H and O–H groups in total. The van der Waals surface area contributed by atoms with Crippen molar-refractivity contribution in [1.29, 1.82) is 0 Å². The Bertz CT molecular complexity index is 3710. The number of hydrogen-bond acceptors (Lipinski definition) is 4. The van der Waals surface area contributed by atoms with Gasteiger partial charge in [-0.05, 0) is 98.2 Å². The Labute approximate surface area is 349 Å². The molecule has 0 saturated carbocycles. The standard InChI is InChI=1S/C56H32N2OS/c1-2-11-33(12-3-1)34-23-25-35(26-24-34)46-32-47(58-56(57-46)39-27-28-51-45(30-39)41-16-5-7-22-50(41)60-51)37-14-8-13-36(29-37)40-18-10-20-44-53(40)43-19-9-15-38-31-49-54(55(44)52(38)43)42-17-4-6-21-48(42)59-49/h1-32H. The maximum Gasteiger partial charge on any atom is 0.160 e. The average molecular weight is 781 g/mol. The first-order valence-electron chi connectivity index (χ1n) is 20.3. The lowest BCUT2D eigenvalue weighted by Crippen LogP contribution is -1.96. The van der Waals surface area contributed by atoms with Gasteiger partial charge in [0.2, 0.25) is 0 Å². The lowest BCUT2D eigenvalue weighted by Gasteiger charge is -2.13. The van der Waals surface area contributed by atoms with Crippen LogP contribution in [0.25, 0.3) is 131 Å². The summed E-state index contributed by atoms with van der Waals surface area (Å²) in [6.07, 6.45) is 0. The van der Waals surface area contributed by atoms with Crippen LogP contribution >= 0.6 is 11.3 Å². The minimum absolute atomic E-state index is 0.705. The fourth-order valence-electron chi connectivity index (χ4n) is 9.48. The Hall–Kier alpha value is -7.66. The van der Waals surface area contributed by atoms with Gasteiger partial charge in [-0.2, -0.15) is 0 Å². The van der Waals surface area contributed by atoms with Crippen molar-refractivity contribution in [2.24, 2.45) is 0 Å². The van der Waals surface area contributed by atoms with E-state index in [4.69, 9.17) is 14.4 Å². The van der Waals surface area contributed by atoms with Gasteiger partial charge in [0.15, 0.2) is 5.82 Å². The van der Waals surface area contributed by atoms with E-state index in [-0.39, 0.29) is 0 Å². The van der Waals surface area contributed by atoms with Crippen LogP contribution in [-0.4, -0.2) is 9.97 Å². The van der Waals surface area contributed by atoms with Gasteiger partial charge in [-0.15, -0.1) is 11.3 Å². The number of aromatic nitrogens is 2. The normalized spacial score (nSPS) is 12.0. The van der Waals surface area contributed by atoms with Crippen molar-refractivity contribution in [2.75, 3.05) is 0 Å². The van der Waals surface area contributed by atoms with Crippen molar-refractivity contribution in [2.45, 2.75) is 0 Å². The number of fused-ring (bicyclic) bond motifs is 10. The number of thiophene rings is 1. The number of rotatable bonds is 5. The summed E-state index contributed by atoms with van der Waals surface area (Å²) in [6.45, 7) is 0. The molecule has 0 spiro atoms. The molecule has 3 nitrogen and oxygen atoms in total. The van der Waals surface area contributed by atoms with Gasteiger partial charge in [0, 0.05) is 53.2 Å². The number of nitrogens with zero attached hydrogens (tertiary/aromatic N) is 2. The molecule has 0 atom stereocenters. The van der Waals surface area contributed by atoms with Gasteiger partial charge in [-0.25, -0.2) is 9.97 Å². The highest BCUT2D eigenvalue weighted by Gasteiger charge is 2.28. The van der Waals surface area contributed by atoms with Gasteiger partial charge in [0.25, 0.3) is 0 Å². The smallest absolute Gasteiger partial charge is 0.160 e. The van der Waals surface area contributed by atoms with Crippen LogP contribution in [-0.2, 0) is 0 Å². The van der Waals surface area contributed by atoms with E-state index in [1.165, 1.54) is 75.3 Å². The van der Waals surface area contributed by atoms with Crippen molar-refractivity contribution in [1.82, 2.24) is 9.97 Å². The summed E-state index contributed by atoms with van der Waals surface area (Å²) in [5.74, 6) is 0.705. The fourth-order valence-corrected chi connectivity index (χ4v) is 10.6. The van der Waals surface area contributed by atoms with Crippen molar-refractivity contribution in [3.05, 3.63) is 194 Å².